The van der Waals surface area contributed by atoms with Gasteiger partial charge < -0.3 is 14.1 Å². The zero-order chi connectivity index (χ0) is 22.5. The molecular weight excluding hydrogens is 430 g/mol. The molecule has 0 spiro atoms. The Kier molecular flexibility index (Phi) is 5.04. The van der Waals surface area contributed by atoms with Crippen molar-refractivity contribution >= 4 is 26.7 Å². The number of carbonyl (C=O) groups is 1. The molecule has 1 amide bonds. The third-order valence-electron chi connectivity index (χ3n) is 6.06. The van der Waals surface area contributed by atoms with Gasteiger partial charge in [0.2, 0.25) is 5.76 Å². The van der Waals surface area contributed by atoms with E-state index in [1.54, 1.807) is 24.3 Å². The molecule has 0 bridgehead atoms. The normalized spacial score (nSPS) is 21.8. The Morgan fingerprint density at radius 2 is 1.94 bits per heavy atom. The van der Waals surface area contributed by atoms with Crippen LogP contribution in [0.15, 0.2) is 57.7 Å². The van der Waals surface area contributed by atoms with Gasteiger partial charge in [-0.05, 0) is 42.7 Å². The van der Waals surface area contributed by atoms with E-state index in [-0.39, 0.29) is 28.3 Å². The summed E-state index contributed by atoms with van der Waals surface area (Å²) in [6.45, 7) is 2.55. The molecule has 1 aromatic heterocycles. The van der Waals surface area contributed by atoms with Crippen LogP contribution in [0.2, 0.25) is 0 Å². The summed E-state index contributed by atoms with van der Waals surface area (Å²) in [6.07, 6.45) is 1.18. The number of hydrogen-bond acceptors (Lipinski definition) is 6. The standard InChI is InChI=1S/C24H23NO6S/c1-2-11-30-17-7-5-6-15(13-17)21-20-22(26)18-8-3-4-9-19(18)31-23(20)24(27)25(21)16-10-12-32(28,29)14-16/h3-9,13,16,21H,2,10-12,14H2,1H3/t16-,21+/m1/s1. The van der Waals surface area contributed by atoms with Crippen molar-refractivity contribution in [3.63, 3.8) is 0 Å². The van der Waals surface area contributed by atoms with Crippen molar-refractivity contribution in [2.75, 3.05) is 18.1 Å². The number of para-hydroxylation sites is 1. The second-order valence-corrected chi connectivity index (χ2v) is 10.5. The molecule has 0 radical (unpaired) electrons. The van der Waals surface area contributed by atoms with Crippen LogP contribution in [0.1, 0.15) is 47.5 Å². The average molecular weight is 454 g/mol. The maximum absolute atomic E-state index is 13.5. The summed E-state index contributed by atoms with van der Waals surface area (Å²) in [6, 6.07) is 12.8. The number of fused-ring (bicyclic) bond motifs is 2. The predicted octanol–water partition coefficient (Wildman–Crippen LogP) is 3.31. The summed E-state index contributed by atoms with van der Waals surface area (Å²) < 4.78 is 36.1. The fourth-order valence-electron chi connectivity index (χ4n) is 4.63. The van der Waals surface area contributed by atoms with E-state index in [9.17, 15) is 18.0 Å². The molecule has 2 aliphatic heterocycles. The number of benzene rings is 2. The molecule has 1 fully saturated rings. The van der Waals surface area contributed by atoms with E-state index in [2.05, 4.69) is 0 Å². The van der Waals surface area contributed by atoms with Crippen molar-refractivity contribution < 1.29 is 22.4 Å². The number of carbonyl (C=O) groups excluding carboxylic acids is 1. The summed E-state index contributed by atoms with van der Waals surface area (Å²) in [4.78, 5) is 28.5. The largest absolute Gasteiger partial charge is 0.494 e. The molecule has 7 nitrogen and oxygen atoms in total. The molecule has 5 rings (SSSR count). The van der Waals surface area contributed by atoms with Crippen LogP contribution in [0.3, 0.4) is 0 Å². The molecule has 0 N–H and O–H groups in total. The Bertz CT molecular complexity index is 1380. The van der Waals surface area contributed by atoms with Crippen molar-refractivity contribution in [2.45, 2.75) is 31.8 Å². The lowest BCUT2D eigenvalue weighted by molar-refractivity contribution is 0.0662. The van der Waals surface area contributed by atoms with Gasteiger partial charge in [-0.1, -0.05) is 31.2 Å². The second kappa shape index (κ2) is 7.78. The molecule has 1 saturated heterocycles. The summed E-state index contributed by atoms with van der Waals surface area (Å²) in [5.74, 6) is 0.0726. The number of nitrogens with zero attached hydrogens (tertiary/aromatic N) is 1. The molecule has 32 heavy (non-hydrogen) atoms. The predicted molar refractivity (Wildman–Crippen MR) is 120 cm³/mol. The van der Waals surface area contributed by atoms with Gasteiger partial charge in [0.1, 0.15) is 11.3 Å². The Morgan fingerprint density at radius 3 is 2.69 bits per heavy atom. The second-order valence-electron chi connectivity index (χ2n) is 8.26. The maximum atomic E-state index is 13.5. The molecule has 3 heterocycles. The van der Waals surface area contributed by atoms with E-state index in [0.717, 1.165) is 6.42 Å². The smallest absolute Gasteiger partial charge is 0.291 e. The quantitative estimate of drug-likeness (QED) is 0.588. The van der Waals surface area contributed by atoms with E-state index in [0.29, 0.717) is 35.3 Å². The van der Waals surface area contributed by atoms with Crippen LogP contribution in [0.25, 0.3) is 11.0 Å². The van der Waals surface area contributed by atoms with Crippen molar-refractivity contribution in [3.05, 3.63) is 75.6 Å². The van der Waals surface area contributed by atoms with Gasteiger partial charge in [0.25, 0.3) is 5.91 Å². The highest BCUT2D eigenvalue weighted by Crippen LogP contribution is 2.42. The van der Waals surface area contributed by atoms with Crippen LogP contribution < -0.4 is 10.2 Å². The zero-order valence-electron chi connectivity index (χ0n) is 17.6. The lowest BCUT2D eigenvalue weighted by atomic mass is 9.97. The van der Waals surface area contributed by atoms with Gasteiger partial charge in [-0.3, -0.25) is 9.59 Å². The van der Waals surface area contributed by atoms with Crippen LogP contribution in [0, 0.1) is 0 Å². The van der Waals surface area contributed by atoms with E-state index in [4.69, 9.17) is 9.15 Å². The van der Waals surface area contributed by atoms with Crippen molar-refractivity contribution in [2.24, 2.45) is 0 Å². The molecule has 3 aromatic rings. The average Bonchev–Trinajstić information content (AvgIpc) is 3.29. The van der Waals surface area contributed by atoms with Crippen LogP contribution in [-0.4, -0.2) is 43.4 Å². The highest BCUT2D eigenvalue weighted by molar-refractivity contribution is 7.91. The van der Waals surface area contributed by atoms with Crippen molar-refractivity contribution in [1.82, 2.24) is 4.90 Å². The lowest BCUT2D eigenvalue weighted by Gasteiger charge is -2.30. The SMILES string of the molecule is CCCOc1cccc([C@H]2c3c(oc4ccccc4c3=O)C(=O)N2[C@@H]2CCS(=O)(=O)C2)c1. The summed E-state index contributed by atoms with van der Waals surface area (Å²) in [5.41, 5.74) is 1.01. The van der Waals surface area contributed by atoms with E-state index in [1.807, 2.05) is 31.2 Å². The topological polar surface area (TPSA) is 93.9 Å². The highest BCUT2D eigenvalue weighted by Gasteiger charge is 2.48. The number of sulfone groups is 1. The third kappa shape index (κ3) is 3.39. The minimum atomic E-state index is -3.24. The first kappa shape index (κ1) is 20.8. The first-order valence-electron chi connectivity index (χ1n) is 10.7. The molecule has 0 aliphatic carbocycles. The molecule has 0 saturated carbocycles. The summed E-state index contributed by atoms with van der Waals surface area (Å²) in [7, 11) is -3.24. The Balaban J connectivity index is 1.70. The Hall–Kier alpha value is -3.13. The van der Waals surface area contributed by atoms with Gasteiger partial charge >= 0.3 is 0 Å². The van der Waals surface area contributed by atoms with Crippen molar-refractivity contribution in [1.29, 1.82) is 0 Å². The number of amides is 1. The first-order valence-corrected chi connectivity index (χ1v) is 12.5. The van der Waals surface area contributed by atoms with Crippen LogP contribution >= 0.6 is 0 Å². The molecule has 2 aromatic carbocycles. The first-order chi connectivity index (χ1) is 15.4. The fourth-order valence-corrected chi connectivity index (χ4v) is 6.34. The van der Waals surface area contributed by atoms with Gasteiger partial charge in [-0.15, -0.1) is 0 Å². The molecular formula is C24H23NO6S. The Morgan fingerprint density at radius 1 is 1.12 bits per heavy atom. The zero-order valence-corrected chi connectivity index (χ0v) is 18.4. The molecule has 166 valence electrons. The molecule has 2 atom stereocenters. The third-order valence-corrected chi connectivity index (χ3v) is 7.81. The maximum Gasteiger partial charge on any atom is 0.291 e. The van der Waals surface area contributed by atoms with E-state index >= 15 is 0 Å². The van der Waals surface area contributed by atoms with Crippen LogP contribution in [-0.2, 0) is 9.84 Å². The number of hydrogen-bond donors (Lipinski definition) is 0. The van der Waals surface area contributed by atoms with Crippen LogP contribution in [0.5, 0.6) is 5.75 Å². The minimum Gasteiger partial charge on any atom is -0.494 e. The van der Waals surface area contributed by atoms with E-state index in [1.165, 1.54) is 4.90 Å². The molecule has 8 heteroatoms. The minimum absolute atomic E-state index is 0.0112. The number of ether oxygens (including phenoxy) is 1. The van der Waals surface area contributed by atoms with Gasteiger partial charge in [-0.25, -0.2) is 8.42 Å². The van der Waals surface area contributed by atoms with Gasteiger partial charge in [0.15, 0.2) is 15.3 Å². The monoisotopic (exact) mass is 453 g/mol. The molecule has 0 unspecified atom stereocenters. The summed E-state index contributed by atoms with van der Waals surface area (Å²) in [5, 5.41) is 0.392. The van der Waals surface area contributed by atoms with E-state index < -0.39 is 27.8 Å². The van der Waals surface area contributed by atoms with Crippen molar-refractivity contribution in [3.8, 4) is 5.75 Å². The van der Waals surface area contributed by atoms with Gasteiger partial charge in [0, 0.05) is 6.04 Å². The van der Waals surface area contributed by atoms with Gasteiger partial charge in [0.05, 0.1) is 35.1 Å². The summed E-state index contributed by atoms with van der Waals surface area (Å²) >= 11 is 0. The number of rotatable bonds is 5. The fraction of sp³-hybridized carbons (Fsp3) is 0.333. The molecule has 2 aliphatic rings. The Labute approximate surface area is 185 Å². The van der Waals surface area contributed by atoms with Gasteiger partial charge in [-0.2, -0.15) is 0 Å². The highest BCUT2D eigenvalue weighted by atomic mass is 32.2. The lowest BCUT2D eigenvalue weighted by Crippen LogP contribution is -2.40. The van der Waals surface area contributed by atoms with Crippen LogP contribution in [0.4, 0.5) is 0 Å².